The molecule has 1 rings (SSSR count). The Morgan fingerprint density at radius 1 is 1.41 bits per heavy atom. The third-order valence-corrected chi connectivity index (χ3v) is 3.03. The van der Waals surface area contributed by atoms with E-state index in [9.17, 15) is 9.59 Å². The molecule has 1 atom stereocenters. The minimum Gasteiger partial charge on any atom is -0.480 e. The van der Waals surface area contributed by atoms with Gasteiger partial charge in [-0.2, -0.15) is 0 Å². The van der Waals surface area contributed by atoms with Gasteiger partial charge in [-0.15, -0.1) is 0 Å². The van der Waals surface area contributed by atoms with Crippen molar-refractivity contribution in [3.63, 3.8) is 0 Å². The third kappa shape index (κ3) is 4.24. The van der Waals surface area contributed by atoms with Gasteiger partial charge in [-0.3, -0.25) is 0 Å². The highest BCUT2D eigenvalue weighted by molar-refractivity contribution is 5.82. The lowest BCUT2D eigenvalue weighted by molar-refractivity contribution is -0.139. The SMILES string of the molecule is CCCC[C@H](NC(=O)N(CC)C1CC1)C(=O)O. The molecule has 0 unspecified atom stereocenters. The molecule has 1 aliphatic carbocycles. The Bertz CT molecular complexity index is 277. The summed E-state index contributed by atoms with van der Waals surface area (Å²) in [4.78, 5) is 24.6. The van der Waals surface area contributed by atoms with E-state index >= 15 is 0 Å². The number of hydrogen-bond donors (Lipinski definition) is 2. The maximum absolute atomic E-state index is 11.9. The first kappa shape index (κ1) is 13.8. The highest BCUT2D eigenvalue weighted by Gasteiger charge is 2.32. The van der Waals surface area contributed by atoms with Gasteiger partial charge >= 0.3 is 12.0 Å². The van der Waals surface area contributed by atoms with Gasteiger partial charge in [0.2, 0.25) is 0 Å². The number of aliphatic carboxylic acids is 1. The number of nitrogens with one attached hydrogen (secondary N) is 1. The van der Waals surface area contributed by atoms with Crippen molar-refractivity contribution >= 4 is 12.0 Å². The Kier molecular flexibility index (Phi) is 5.25. The molecule has 0 aliphatic heterocycles. The van der Waals surface area contributed by atoms with Crippen molar-refractivity contribution in [1.29, 1.82) is 0 Å². The van der Waals surface area contributed by atoms with Crippen molar-refractivity contribution in [3.8, 4) is 0 Å². The minimum absolute atomic E-state index is 0.237. The second-order valence-electron chi connectivity index (χ2n) is 4.50. The Balaban J connectivity index is 2.46. The van der Waals surface area contributed by atoms with Gasteiger partial charge in [0.05, 0.1) is 0 Å². The van der Waals surface area contributed by atoms with Crippen LogP contribution in [0.2, 0.25) is 0 Å². The van der Waals surface area contributed by atoms with E-state index in [1.54, 1.807) is 4.90 Å². The molecule has 0 saturated heterocycles. The zero-order chi connectivity index (χ0) is 12.8. The number of amides is 2. The quantitative estimate of drug-likeness (QED) is 0.715. The number of carbonyl (C=O) groups is 2. The summed E-state index contributed by atoms with van der Waals surface area (Å²) in [6.07, 6.45) is 4.31. The van der Waals surface area contributed by atoms with Crippen molar-refractivity contribution in [2.45, 2.75) is 58.0 Å². The second-order valence-corrected chi connectivity index (χ2v) is 4.50. The van der Waals surface area contributed by atoms with E-state index < -0.39 is 12.0 Å². The number of carboxylic acid groups (broad SMARTS) is 1. The number of hydrogen-bond acceptors (Lipinski definition) is 2. The number of unbranched alkanes of at least 4 members (excludes halogenated alkanes) is 1. The van der Waals surface area contributed by atoms with Crippen LogP contribution in [-0.4, -0.2) is 40.6 Å². The summed E-state index contributed by atoms with van der Waals surface area (Å²) >= 11 is 0. The average Bonchev–Trinajstić information content (AvgIpc) is 3.09. The van der Waals surface area contributed by atoms with Crippen molar-refractivity contribution in [2.75, 3.05) is 6.54 Å². The Morgan fingerprint density at radius 3 is 2.47 bits per heavy atom. The molecular weight excluding hydrogens is 220 g/mol. The molecule has 0 aromatic rings. The zero-order valence-electron chi connectivity index (χ0n) is 10.6. The Labute approximate surface area is 102 Å². The summed E-state index contributed by atoms with van der Waals surface area (Å²) in [6.45, 7) is 4.56. The van der Waals surface area contributed by atoms with Crippen LogP contribution in [0.1, 0.15) is 46.0 Å². The molecule has 0 spiro atoms. The summed E-state index contributed by atoms with van der Waals surface area (Å²) in [7, 11) is 0. The molecule has 1 saturated carbocycles. The third-order valence-electron chi connectivity index (χ3n) is 3.03. The molecule has 1 aliphatic rings. The number of urea groups is 1. The van der Waals surface area contributed by atoms with Crippen molar-refractivity contribution in [1.82, 2.24) is 10.2 Å². The lowest BCUT2D eigenvalue weighted by Gasteiger charge is -2.23. The highest BCUT2D eigenvalue weighted by atomic mass is 16.4. The average molecular weight is 242 g/mol. The molecule has 1 fully saturated rings. The molecule has 98 valence electrons. The van der Waals surface area contributed by atoms with Crippen molar-refractivity contribution in [2.24, 2.45) is 0 Å². The molecule has 5 nitrogen and oxygen atoms in total. The Morgan fingerprint density at radius 2 is 2.06 bits per heavy atom. The van der Waals surface area contributed by atoms with Gasteiger partial charge in [-0.05, 0) is 26.2 Å². The van der Waals surface area contributed by atoms with Crippen molar-refractivity contribution in [3.05, 3.63) is 0 Å². The number of carboxylic acids is 1. The van der Waals surface area contributed by atoms with Crippen molar-refractivity contribution < 1.29 is 14.7 Å². The molecule has 2 N–H and O–H groups in total. The second kappa shape index (κ2) is 6.47. The molecule has 0 bridgehead atoms. The van der Waals surface area contributed by atoms with Gasteiger partial charge in [-0.25, -0.2) is 9.59 Å². The smallest absolute Gasteiger partial charge is 0.326 e. The van der Waals surface area contributed by atoms with Gasteiger partial charge < -0.3 is 15.3 Å². The van der Waals surface area contributed by atoms with Crippen LogP contribution in [0.4, 0.5) is 4.79 Å². The molecule has 0 aromatic heterocycles. The summed E-state index contributed by atoms with van der Waals surface area (Å²) in [6, 6.07) is -0.672. The zero-order valence-corrected chi connectivity index (χ0v) is 10.6. The van der Waals surface area contributed by atoms with E-state index in [1.165, 1.54) is 0 Å². The minimum atomic E-state index is -0.946. The molecule has 5 heteroatoms. The molecular formula is C12H22N2O3. The first-order chi connectivity index (χ1) is 8.10. The number of nitrogens with zero attached hydrogens (tertiary/aromatic N) is 1. The van der Waals surface area contributed by atoms with Gasteiger partial charge in [0.15, 0.2) is 0 Å². The number of rotatable bonds is 7. The summed E-state index contributed by atoms with van der Waals surface area (Å²) < 4.78 is 0. The predicted octanol–water partition coefficient (Wildman–Crippen LogP) is 1.82. The summed E-state index contributed by atoms with van der Waals surface area (Å²) in [5, 5.41) is 11.6. The molecule has 0 radical (unpaired) electrons. The Hall–Kier alpha value is -1.26. The van der Waals surface area contributed by atoms with Crippen LogP contribution < -0.4 is 5.32 Å². The van der Waals surface area contributed by atoms with E-state index in [4.69, 9.17) is 5.11 Å². The fourth-order valence-electron chi connectivity index (χ4n) is 1.85. The fourth-order valence-corrected chi connectivity index (χ4v) is 1.85. The van der Waals surface area contributed by atoms with Gasteiger partial charge in [-0.1, -0.05) is 19.8 Å². The van der Waals surface area contributed by atoms with E-state index in [0.717, 1.165) is 25.7 Å². The van der Waals surface area contributed by atoms with Crippen LogP contribution in [-0.2, 0) is 4.79 Å². The molecule has 2 amide bonds. The molecule has 0 heterocycles. The van der Waals surface area contributed by atoms with Crippen LogP contribution in [0.25, 0.3) is 0 Å². The molecule has 0 aromatic carbocycles. The first-order valence-corrected chi connectivity index (χ1v) is 6.40. The maximum Gasteiger partial charge on any atom is 0.326 e. The largest absolute Gasteiger partial charge is 0.480 e. The van der Waals surface area contributed by atoms with Crippen LogP contribution in [0.3, 0.4) is 0 Å². The van der Waals surface area contributed by atoms with E-state index in [1.807, 2.05) is 13.8 Å². The normalized spacial score (nSPS) is 16.4. The van der Waals surface area contributed by atoms with Crippen LogP contribution >= 0.6 is 0 Å². The predicted molar refractivity (Wildman–Crippen MR) is 64.9 cm³/mol. The van der Waals surface area contributed by atoms with Gasteiger partial charge in [0.25, 0.3) is 0 Å². The first-order valence-electron chi connectivity index (χ1n) is 6.40. The van der Waals surface area contributed by atoms with Crippen LogP contribution in [0.5, 0.6) is 0 Å². The standard InChI is InChI=1S/C12H22N2O3/c1-3-5-6-10(11(15)16)13-12(17)14(4-2)9-7-8-9/h9-10H,3-8H2,1-2H3,(H,13,17)(H,15,16)/t10-/m0/s1. The summed E-state index contributed by atoms with van der Waals surface area (Å²) in [5.74, 6) is -0.946. The van der Waals surface area contributed by atoms with E-state index in [2.05, 4.69) is 5.32 Å². The van der Waals surface area contributed by atoms with Crippen LogP contribution in [0, 0.1) is 0 Å². The lowest BCUT2D eigenvalue weighted by Crippen LogP contribution is -2.48. The monoisotopic (exact) mass is 242 g/mol. The maximum atomic E-state index is 11.9. The highest BCUT2D eigenvalue weighted by Crippen LogP contribution is 2.26. The lowest BCUT2D eigenvalue weighted by atomic mass is 10.1. The van der Waals surface area contributed by atoms with Gasteiger partial charge in [0, 0.05) is 12.6 Å². The van der Waals surface area contributed by atoms with E-state index in [0.29, 0.717) is 19.0 Å². The fraction of sp³-hybridized carbons (Fsp3) is 0.833. The molecule has 17 heavy (non-hydrogen) atoms. The summed E-state index contributed by atoms with van der Waals surface area (Å²) in [5.41, 5.74) is 0. The number of carbonyl (C=O) groups excluding carboxylic acids is 1. The van der Waals surface area contributed by atoms with Crippen LogP contribution in [0.15, 0.2) is 0 Å². The van der Waals surface area contributed by atoms with E-state index in [-0.39, 0.29) is 6.03 Å². The van der Waals surface area contributed by atoms with Gasteiger partial charge in [0.1, 0.15) is 6.04 Å². The topological polar surface area (TPSA) is 69.6 Å².